The molecule has 0 saturated carbocycles. The molecule has 0 bridgehead atoms. The van der Waals surface area contributed by atoms with Gasteiger partial charge in [0.15, 0.2) is 5.03 Å². The SMILES string of the molecule is CCOC(=O)c1ccccc1Nc1ncnc(Sc2ccc(C)cc2)c1[N+](=O)[O-]. The zero-order valence-electron chi connectivity index (χ0n) is 15.8. The number of nitrogens with zero attached hydrogens (tertiary/aromatic N) is 3. The minimum absolute atomic E-state index is 0.00337. The van der Waals surface area contributed by atoms with E-state index in [0.717, 1.165) is 10.5 Å². The highest BCUT2D eigenvalue weighted by atomic mass is 32.2. The summed E-state index contributed by atoms with van der Waals surface area (Å²) in [5.74, 6) is -0.530. The molecule has 0 spiro atoms. The molecule has 148 valence electrons. The molecule has 1 heterocycles. The van der Waals surface area contributed by atoms with Crippen LogP contribution in [0.25, 0.3) is 0 Å². The minimum Gasteiger partial charge on any atom is -0.462 e. The second-order valence-corrected chi connectivity index (χ2v) is 7.00. The molecular formula is C20H18N4O4S. The molecule has 2 aromatic carbocycles. The molecule has 8 nitrogen and oxygen atoms in total. The van der Waals surface area contributed by atoms with E-state index >= 15 is 0 Å². The van der Waals surface area contributed by atoms with E-state index < -0.39 is 10.9 Å². The van der Waals surface area contributed by atoms with E-state index in [9.17, 15) is 14.9 Å². The number of hydrogen-bond donors (Lipinski definition) is 1. The number of nitro groups is 1. The van der Waals surface area contributed by atoms with Crippen molar-refractivity contribution in [3.8, 4) is 0 Å². The maximum absolute atomic E-state index is 12.2. The number of anilines is 2. The molecule has 0 unspecified atom stereocenters. The van der Waals surface area contributed by atoms with E-state index in [2.05, 4.69) is 15.3 Å². The van der Waals surface area contributed by atoms with Crippen LogP contribution in [0.1, 0.15) is 22.8 Å². The second kappa shape index (κ2) is 9.16. The fourth-order valence-electron chi connectivity index (χ4n) is 2.52. The van der Waals surface area contributed by atoms with Crippen molar-refractivity contribution in [3.63, 3.8) is 0 Å². The van der Waals surface area contributed by atoms with Gasteiger partial charge in [0.2, 0.25) is 5.82 Å². The zero-order valence-corrected chi connectivity index (χ0v) is 16.6. The van der Waals surface area contributed by atoms with Crippen LogP contribution < -0.4 is 5.32 Å². The molecule has 1 aromatic heterocycles. The first kappa shape index (κ1) is 20.3. The summed E-state index contributed by atoms with van der Waals surface area (Å²) in [5.41, 5.74) is 1.44. The summed E-state index contributed by atoms with van der Waals surface area (Å²) in [6.45, 7) is 3.89. The van der Waals surface area contributed by atoms with Gasteiger partial charge in [-0.1, -0.05) is 41.6 Å². The maximum atomic E-state index is 12.2. The molecule has 0 fully saturated rings. The second-order valence-electron chi connectivity index (χ2n) is 5.94. The lowest BCUT2D eigenvalue weighted by molar-refractivity contribution is -0.387. The molecule has 1 N–H and O–H groups in total. The predicted octanol–water partition coefficient (Wildman–Crippen LogP) is 4.76. The maximum Gasteiger partial charge on any atom is 0.343 e. The molecule has 0 radical (unpaired) electrons. The van der Waals surface area contributed by atoms with Crippen LogP contribution in [0.3, 0.4) is 0 Å². The van der Waals surface area contributed by atoms with Crippen molar-refractivity contribution in [2.24, 2.45) is 0 Å². The number of rotatable bonds is 7. The van der Waals surface area contributed by atoms with E-state index in [1.807, 2.05) is 31.2 Å². The molecule has 3 rings (SSSR count). The van der Waals surface area contributed by atoms with Gasteiger partial charge in [-0.05, 0) is 38.1 Å². The largest absolute Gasteiger partial charge is 0.462 e. The highest BCUT2D eigenvalue weighted by Gasteiger charge is 2.25. The van der Waals surface area contributed by atoms with Crippen molar-refractivity contribution in [2.45, 2.75) is 23.8 Å². The van der Waals surface area contributed by atoms with Gasteiger partial charge in [0, 0.05) is 4.90 Å². The topological polar surface area (TPSA) is 107 Å². The lowest BCUT2D eigenvalue weighted by Gasteiger charge is -2.11. The average Bonchev–Trinajstić information content (AvgIpc) is 2.70. The highest BCUT2D eigenvalue weighted by molar-refractivity contribution is 7.99. The van der Waals surface area contributed by atoms with Crippen LogP contribution in [0.2, 0.25) is 0 Å². The lowest BCUT2D eigenvalue weighted by Crippen LogP contribution is -2.09. The summed E-state index contributed by atoms with van der Waals surface area (Å²) in [6, 6.07) is 14.2. The van der Waals surface area contributed by atoms with Gasteiger partial charge in [0.05, 0.1) is 22.8 Å². The zero-order chi connectivity index (χ0) is 20.8. The van der Waals surface area contributed by atoms with Crippen LogP contribution in [-0.4, -0.2) is 27.5 Å². The number of aryl methyl sites for hydroxylation is 1. The van der Waals surface area contributed by atoms with E-state index in [4.69, 9.17) is 4.74 Å². The van der Waals surface area contributed by atoms with Gasteiger partial charge in [-0.3, -0.25) is 10.1 Å². The third kappa shape index (κ3) is 4.88. The predicted molar refractivity (Wildman–Crippen MR) is 110 cm³/mol. The number of carbonyl (C=O) groups excluding carboxylic acids is 1. The van der Waals surface area contributed by atoms with Crippen LogP contribution >= 0.6 is 11.8 Å². The molecule has 0 saturated heterocycles. The van der Waals surface area contributed by atoms with Crippen molar-refractivity contribution >= 4 is 34.9 Å². The van der Waals surface area contributed by atoms with Crippen LogP contribution in [0.5, 0.6) is 0 Å². The van der Waals surface area contributed by atoms with Gasteiger partial charge in [0.1, 0.15) is 6.33 Å². The Hall–Kier alpha value is -3.46. The Bertz CT molecular complexity index is 1040. The summed E-state index contributed by atoms with van der Waals surface area (Å²) in [5, 5.41) is 14.9. The first-order chi connectivity index (χ1) is 14.0. The van der Waals surface area contributed by atoms with Gasteiger partial charge in [-0.25, -0.2) is 14.8 Å². The van der Waals surface area contributed by atoms with Crippen molar-refractivity contribution in [2.75, 3.05) is 11.9 Å². The van der Waals surface area contributed by atoms with Crippen LogP contribution in [-0.2, 0) is 4.74 Å². The molecule has 29 heavy (non-hydrogen) atoms. The van der Waals surface area contributed by atoms with Gasteiger partial charge >= 0.3 is 11.7 Å². The number of ether oxygens (including phenoxy) is 1. The van der Waals surface area contributed by atoms with Crippen molar-refractivity contribution < 1.29 is 14.5 Å². The van der Waals surface area contributed by atoms with Gasteiger partial charge in [0.25, 0.3) is 0 Å². The number of aromatic nitrogens is 2. The molecule has 0 aliphatic rings. The molecular weight excluding hydrogens is 392 g/mol. The highest BCUT2D eigenvalue weighted by Crippen LogP contribution is 2.37. The third-order valence-corrected chi connectivity index (χ3v) is 4.88. The van der Waals surface area contributed by atoms with E-state index in [1.165, 1.54) is 18.1 Å². The molecule has 3 aromatic rings. The summed E-state index contributed by atoms with van der Waals surface area (Å²) < 4.78 is 5.05. The number of para-hydroxylation sites is 1. The Morgan fingerprint density at radius 2 is 1.90 bits per heavy atom. The first-order valence-electron chi connectivity index (χ1n) is 8.76. The van der Waals surface area contributed by atoms with Crippen molar-refractivity contribution in [1.29, 1.82) is 0 Å². The van der Waals surface area contributed by atoms with Crippen LogP contribution in [0.15, 0.2) is 64.8 Å². The number of esters is 1. The molecule has 9 heteroatoms. The van der Waals surface area contributed by atoms with Crippen LogP contribution in [0.4, 0.5) is 17.2 Å². The van der Waals surface area contributed by atoms with Crippen LogP contribution in [0, 0.1) is 17.0 Å². The van der Waals surface area contributed by atoms with E-state index in [1.54, 1.807) is 31.2 Å². The van der Waals surface area contributed by atoms with E-state index in [-0.39, 0.29) is 28.7 Å². The smallest absolute Gasteiger partial charge is 0.343 e. The quantitative estimate of drug-likeness (QED) is 0.257. The fourth-order valence-corrected chi connectivity index (χ4v) is 3.38. The summed E-state index contributed by atoms with van der Waals surface area (Å²) in [6.07, 6.45) is 1.25. The number of benzene rings is 2. The lowest BCUT2D eigenvalue weighted by atomic mass is 10.2. The third-order valence-electron chi connectivity index (χ3n) is 3.88. The number of carbonyl (C=O) groups is 1. The standard InChI is InChI=1S/C20H18N4O4S/c1-3-28-20(25)15-6-4-5-7-16(15)23-18-17(24(26)27)19(22-12-21-18)29-14-10-8-13(2)9-11-14/h4-12H,3H2,1-2H3,(H,21,22,23). The number of nitrogens with one attached hydrogen (secondary N) is 1. The fraction of sp³-hybridized carbons (Fsp3) is 0.150. The Morgan fingerprint density at radius 3 is 2.59 bits per heavy atom. The van der Waals surface area contributed by atoms with Crippen molar-refractivity contribution in [1.82, 2.24) is 9.97 Å². The Kier molecular flexibility index (Phi) is 6.40. The summed E-state index contributed by atoms with van der Waals surface area (Å²) in [4.78, 5) is 32.3. The average molecular weight is 410 g/mol. The van der Waals surface area contributed by atoms with Gasteiger partial charge in [-0.15, -0.1) is 0 Å². The Balaban J connectivity index is 1.98. The van der Waals surface area contributed by atoms with Gasteiger partial charge < -0.3 is 10.1 Å². The Labute approximate surface area is 171 Å². The molecule has 0 amide bonds. The summed E-state index contributed by atoms with van der Waals surface area (Å²) >= 11 is 1.17. The van der Waals surface area contributed by atoms with E-state index in [0.29, 0.717) is 5.69 Å². The molecule has 0 aliphatic heterocycles. The molecule has 0 aliphatic carbocycles. The summed E-state index contributed by atoms with van der Waals surface area (Å²) in [7, 11) is 0. The number of hydrogen-bond acceptors (Lipinski definition) is 8. The van der Waals surface area contributed by atoms with Crippen molar-refractivity contribution in [3.05, 3.63) is 76.1 Å². The Morgan fingerprint density at radius 1 is 1.17 bits per heavy atom. The monoisotopic (exact) mass is 410 g/mol. The first-order valence-corrected chi connectivity index (χ1v) is 9.58. The normalized spacial score (nSPS) is 10.4. The minimum atomic E-state index is -0.536. The van der Waals surface area contributed by atoms with Gasteiger partial charge in [-0.2, -0.15) is 0 Å². The molecule has 0 atom stereocenters.